The van der Waals surface area contributed by atoms with Crippen LogP contribution in [0.15, 0.2) is 48.5 Å². The summed E-state index contributed by atoms with van der Waals surface area (Å²) < 4.78 is 5.50. The molecule has 2 atom stereocenters. The van der Waals surface area contributed by atoms with Gasteiger partial charge in [0.2, 0.25) is 5.91 Å². The molecule has 0 bridgehead atoms. The molecule has 7 nitrogen and oxygen atoms in total. The Morgan fingerprint density at radius 3 is 2.22 bits per heavy atom. The number of benzene rings is 2. The molecule has 0 spiro atoms. The van der Waals surface area contributed by atoms with Gasteiger partial charge in [-0.15, -0.1) is 0 Å². The minimum atomic E-state index is -0.801. The molecule has 0 heterocycles. The van der Waals surface area contributed by atoms with E-state index in [0.29, 0.717) is 19.4 Å². The number of hydrogen-bond acceptors (Lipinski definition) is 5. The van der Waals surface area contributed by atoms with Crippen molar-refractivity contribution in [2.45, 2.75) is 50.7 Å². The third-order valence-electron chi connectivity index (χ3n) is 5.82. The van der Waals surface area contributed by atoms with Crippen molar-refractivity contribution >= 4 is 12.0 Å². The first-order valence-electron chi connectivity index (χ1n) is 11.2. The Kier molecular flexibility index (Phi) is 8.64. The number of alkyl carbamates (subject to hydrolysis) is 1. The summed E-state index contributed by atoms with van der Waals surface area (Å²) in [6, 6.07) is 15.8. The Morgan fingerprint density at radius 1 is 1.00 bits per heavy atom. The number of aliphatic hydroxyl groups is 2. The average Bonchev–Trinajstić information content (AvgIpc) is 3.12. The number of carbonyl (C=O) groups is 2. The Hall–Kier alpha value is -2.90. The van der Waals surface area contributed by atoms with Crippen LogP contribution in [-0.4, -0.2) is 54.1 Å². The number of fused-ring (bicyclic) bond motifs is 3. The highest BCUT2D eigenvalue weighted by Crippen LogP contribution is 2.44. The third kappa shape index (κ3) is 6.08. The Labute approximate surface area is 188 Å². The van der Waals surface area contributed by atoms with Crippen LogP contribution in [0.1, 0.15) is 49.7 Å². The maximum absolute atomic E-state index is 12.1. The fraction of sp³-hybridized carbons (Fsp3) is 0.440. The van der Waals surface area contributed by atoms with Crippen LogP contribution in [0.3, 0.4) is 0 Å². The minimum absolute atomic E-state index is 0.0380. The molecule has 0 saturated heterocycles. The molecule has 1 aliphatic rings. The van der Waals surface area contributed by atoms with Crippen LogP contribution in [-0.2, 0) is 9.53 Å². The molecule has 172 valence electrons. The van der Waals surface area contributed by atoms with Crippen molar-refractivity contribution in [1.29, 1.82) is 0 Å². The van der Waals surface area contributed by atoms with Gasteiger partial charge < -0.3 is 25.6 Å². The molecule has 2 aromatic rings. The van der Waals surface area contributed by atoms with E-state index in [2.05, 4.69) is 34.9 Å². The van der Waals surface area contributed by atoms with Crippen LogP contribution in [0.5, 0.6) is 0 Å². The number of unbranched alkanes of at least 4 members (excludes halogenated alkanes) is 2. The predicted molar refractivity (Wildman–Crippen MR) is 122 cm³/mol. The van der Waals surface area contributed by atoms with Crippen LogP contribution >= 0.6 is 0 Å². The van der Waals surface area contributed by atoms with E-state index in [1.54, 1.807) is 0 Å². The fourth-order valence-electron chi connectivity index (χ4n) is 4.02. The van der Waals surface area contributed by atoms with E-state index in [1.807, 2.05) is 24.3 Å². The maximum Gasteiger partial charge on any atom is 0.407 e. The smallest absolute Gasteiger partial charge is 0.407 e. The summed E-state index contributed by atoms with van der Waals surface area (Å²) in [4.78, 5) is 24.0. The highest BCUT2D eigenvalue weighted by molar-refractivity contribution is 5.79. The lowest BCUT2D eigenvalue weighted by Crippen LogP contribution is -2.44. The van der Waals surface area contributed by atoms with E-state index in [9.17, 15) is 14.7 Å². The molecule has 3 rings (SSSR count). The van der Waals surface area contributed by atoms with Gasteiger partial charge in [0.25, 0.3) is 0 Å². The Balaban J connectivity index is 1.34. The zero-order chi connectivity index (χ0) is 22.9. The van der Waals surface area contributed by atoms with Crippen LogP contribution in [0.25, 0.3) is 11.1 Å². The van der Waals surface area contributed by atoms with Crippen molar-refractivity contribution in [3.05, 3.63) is 59.7 Å². The first-order chi connectivity index (χ1) is 15.5. The van der Waals surface area contributed by atoms with E-state index in [4.69, 9.17) is 9.84 Å². The van der Waals surface area contributed by atoms with Gasteiger partial charge in [-0.3, -0.25) is 4.79 Å². The van der Waals surface area contributed by atoms with Crippen LogP contribution in [0, 0.1) is 0 Å². The largest absolute Gasteiger partial charge is 0.449 e. The number of carbonyl (C=O) groups excluding carboxylic acids is 2. The minimum Gasteiger partial charge on any atom is -0.449 e. The van der Waals surface area contributed by atoms with E-state index in [1.165, 1.54) is 29.2 Å². The Morgan fingerprint density at radius 2 is 1.62 bits per heavy atom. The van der Waals surface area contributed by atoms with Gasteiger partial charge in [-0.05, 0) is 42.0 Å². The Bertz CT molecular complexity index is 869. The third-order valence-corrected chi connectivity index (χ3v) is 5.82. The summed E-state index contributed by atoms with van der Waals surface area (Å²) in [5, 5.41) is 23.9. The molecule has 1 aliphatic carbocycles. The normalized spacial score (nSPS) is 14.2. The van der Waals surface area contributed by atoms with E-state index < -0.39 is 18.2 Å². The molecule has 2 aromatic carbocycles. The van der Waals surface area contributed by atoms with Gasteiger partial charge >= 0.3 is 6.09 Å². The number of ether oxygens (including phenoxy) is 1. The van der Waals surface area contributed by atoms with Crippen molar-refractivity contribution in [1.82, 2.24) is 10.6 Å². The molecule has 0 aliphatic heterocycles. The zero-order valence-corrected chi connectivity index (χ0v) is 18.4. The standard InChI is InChI=1S/C25H32N2O5/c1-17(29)23(15-28)27-24(30)13-3-2-8-14-26-25(31)32-16-22-20-11-6-4-9-18(20)19-10-5-7-12-21(19)22/h4-7,9-12,17,22-23,28-29H,2-3,8,13-16H2,1H3,(H,26,31)(H,27,30)/t17-,23-/m0/s1. The van der Waals surface area contributed by atoms with Crippen molar-refractivity contribution in [2.75, 3.05) is 19.8 Å². The number of amides is 2. The molecule has 4 N–H and O–H groups in total. The van der Waals surface area contributed by atoms with Gasteiger partial charge in [-0.1, -0.05) is 55.0 Å². The highest BCUT2D eigenvalue weighted by atomic mass is 16.5. The molecule has 0 radical (unpaired) electrons. The SMILES string of the molecule is C[C@H](O)[C@H](CO)NC(=O)CCCCCNC(=O)OCC1c2ccccc2-c2ccccc21. The summed E-state index contributed by atoms with van der Waals surface area (Å²) in [7, 11) is 0. The van der Waals surface area contributed by atoms with Crippen molar-refractivity contribution in [2.24, 2.45) is 0 Å². The van der Waals surface area contributed by atoms with Crippen LogP contribution < -0.4 is 10.6 Å². The van der Waals surface area contributed by atoms with Crippen LogP contribution in [0.2, 0.25) is 0 Å². The lowest BCUT2D eigenvalue weighted by molar-refractivity contribution is -0.123. The lowest BCUT2D eigenvalue weighted by atomic mass is 9.98. The molecule has 7 heteroatoms. The number of hydrogen-bond donors (Lipinski definition) is 4. The predicted octanol–water partition coefficient (Wildman–Crippen LogP) is 2.94. The van der Waals surface area contributed by atoms with Gasteiger partial charge in [-0.25, -0.2) is 4.79 Å². The van der Waals surface area contributed by atoms with Gasteiger partial charge in [0.1, 0.15) is 6.61 Å². The molecule has 0 unspecified atom stereocenters. The summed E-state index contributed by atoms with van der Waals surface area (Å²) in [5.41, 5.74) is 4.75. The van der Waals surface area contributed by atoms with Gasteiger partial charge in [-0.2, -0.15) is 0 Å². The van der Waals surface area contributed by atoms with Crippen molar-refractivity contribution < 1.29 is 24.5 Å². The maximum atomic E-state index is 12.1. The number of rotatable bonds is 11. The number of aliphatic hydroxyl groups excluding tert-OH is 2. The van der Waals surface area contributed by atoms with E-state index >= 15 is 0 Å². The molecule has 0 fully saturated rings. The van der Waals surface area contributed by atoms with E-state index in [-0.39, 0.29) is 25.0 Å². The monoisotopic (exact) mass is 440 g/mol. The van der Waals surface area contributed by atoms with Crippen molar-refractivity contribution in [3.63, 3.8) is 0 Å². The summed E-state index contributed by atoms with van der Waals surface area (Å²) in [5.74, 6) is -0.162. The first kappa shape index (κ1) is 23.8. The second-order valence-corrected chi connectivity index (χ2v) is 8.16. The molecule has 32 heavy (non-hydrogen) atoms. The summed E-state index contributed by atoms with van der Waals surface area (Å²) in [6.07, 6.45) is 1.25. The lowest BCUT2D eigenvalue weighted by Gasteiger charge is -2.18. The quantitative estimate of drug-likeness (QED) is 0.402. The summed E-state index contributed by atoms with van der Waals surface area (Å²) >= 11 is 0. The molecule has 2 amide bonds. The van der Waals surface area contributed by atoms with Crippen molar-refractivity contribution in [3.8, 4) is 11.1 Å². The number of nitrogens with one attached hydrogen (secondary N) is 2. The van der Waals surface area contributed by atoms with Crippen LogP contribution in [0.4, 0.5) is 4.79 Å². The summed E-state index contributed by atoms with van der Waals surface area (Å²) in [6.45, 7) is 1.99. The van der Waals surface area contributed by atoms with Gasteiger partial charge in [0.15, 0.2) is 0 Å². The molecular formula is C25H32N2O5. The molecule has 0 saturated carbocycles. The molecule has 0 aromatic heterocycles. The first-order valence-corrected chi connectivity index (χ1v) is 11.2. The van der Waals surface area contributed by atoms with E-state index in [0.717, 1.165) is 12.8 Å². The fourth-order valence-corrected chi connectivity index (χ4v) is 4.02. The van der Waals surface area contributed by atoms with Gasteiger partial charge in [0.05, 0.1) is 18.8 Å². The average molecular weight is 441 g/mol. The second kappa shape index (κ2) is 11.6. The highest BCUT2D eigenvalue weighted by Gasteiger charge is 2.28. The zero-order valence-electron chi connectivity index (χ0n) is 18.4. The second-order valence-electron chi connectivity index (χ2n) is 8.16. The van der Waals surface area contributed by atoms with Gasteiger partial charge in [0, 0.05) is 18.9 Å². The molecular weight excluding hydrogens is 408 g/mol. The topological polar surface area (TPSA) is 108 Å².